The molecule has 6 N–H and O–H groups in total. The van der Waals surface area contributed by atoms with Crippen molar-refractivity contribution in [2.75, 3.05) is 6.54 Å². The van der Waals surface area contributed by atoms with E-state index in [9.17, 15) is 19.6 Å². The summed E-state index contributed by atoms with van der Waals surface area (Å²) in [5.74, 6) is -0.210. The van der Waals surface area contributed by atoms with Crippen molar-refractivity contribution in [2.24, 2.45) is 22.8 Å². The maximum atomic E-state index is 13.5. The molecule has 228 valence electrons. The molecule has 2 fully saturated rings. The molecule has 4 atom stereocenters. The largest absolute Gasteiger partial charge is 0.366 e. The Labute approximate surface area is 255 Å². The quantitative estimate of drug-likeness (QED) is 0.302. The van der Waals surface area contributed by atoms with Crippen LogP contribution in [-0.2, 0) is 23.1 Å². The number of aryl methyl sites for hydroxylation is 2. The van der Waals surface area contributed by atoms with E-state index < -0.39 is 17.2 Å². The molecule has 2 aromatic carbocycles. The maximum absolute atomic E-state index is 13.5. The Bertz CT molecular complexity index is 1610. The molecule has 3 amide bonds. The molecule has 2 heterocycles. The highest BCUT2D eigenvalue weighted by Gasteiger charge is 2.54. The molecule has 0 radical (unpaired) electrons. The van der Waals surface area contributed by atoms with Crippen LogP contribution in [0.15, 0.2) is 36.4 Å². The van der Waals surface area contributed by atoms with E-state index in [-0.39, 0.29) is 36.0 Å². The van der Waals surface area contributed by atoms with Gasteiger partial charge in [0.2, 0.25) is 17.7 Å². The van der Waals surface area contributed by atoms with E-state index in [1.807, 2.05) is 24.3 Å². The van der Waals surface area contributed by atoms with E-state index in [2.05, 4.69) is 52.8 Å². The highest BCUT2D eigenvalue weighted by Crippen LogP contribution is 2.49. The fourth-order valence-electron chi connectivity index (χ4n) is 7.29. The number of likely N-dealkylation sites (tertiary alicyclic amines) is 1. The summed E-state index contributed by atoms with van der Waals surface area (Å²) in [6.07, 6.45) is 3.29. The number of nitrogens with one attached hydrogen (secondary N) is 2. The Morgan fingerprint density at radius 1 is 1.07 bits per heavy atom. The molecule has 1 unspecified atom stereocenters. The monoisotopic (exact) mass is 595 g/mol. The zero-order chi connectivity index (χ0) is 31.4. The summed E-state index contributed by atoms with van der Waals surface area (Å²) in [5.41, 5.74) is 14.5. The van der Waals surface area contributed by atoms with Crippen LogP contribution in [0.2, 0.25) is 0 Å². The van der Waals surface area contributed by atoms with Gasteiger partial charge in [0, 0.05) is 23.2 Å². The second-order valence-corrected chi connectivity index (χ2v) is 13.4. The van der Waals surface area contributed by atoms with Gasteiger partial charge in [0.05, 0.1) is 18.0 Å². The standard InChI is InChI=1S/C32H37N9O3/c1-31(2,3)26(36-16-27(42)41-22(15-33)12-21-13-25(21)41)14-32(30-37-39-40-38-30)23-8-6-19(28(34)43)10-17(23)4-5-18-11-20(29(35)44)7-9-24(18)32/h6-11,21-22,25-26,36H,4-5,12-14,16H2,1-3H3,(H2,34,43)(H2,35,44)(H,37,38,39,40)/t21-,22?,25+,26+/m1/s1. The first-order chi connectivity index (χ1) is 20.9. The summed E-state index contributed by atoms with van der Waals surface area (Å²) >= 11 is 0. The van der Waals surface area contributed by atoms with E-state index in [1.54, 1.807) is 17.0 Å². The van der Waals surface area contributed by atoms with Gasteiger partial charge in [0.1, 0.15) is 6.04 Å². The molecule has 6 rings (SSSR count). The highest BCUT2D eigenvalue weighted by molar-refractivity contribution is 5.94. The van der Waals surface area contributed by atoms with Gasteiger partial charge in [0.15, 0.2) is 5.82 Å². The van der Waals surface area contributed by atoms with Crippen LogP contribution in [0.4, 0.5) is 0 Å². The third kappa shape index (κ3) is 5.01. The van der Waals surface area contributed by atoms with Crippen LogP contribution in [-0.4, -0.2) is 67.9 Å². The molecule has 1 saturated carbocycles. The minimum absolute atomic E-state index is 0.0784. The van der Waals surface area contributed by atoms with Gasteiger partial charge < -0.3 is 21.7 Å². The van der Waals surface area contributed by atoms with Crippen molar-refractivity contribution in [3.8, 4) is 6.07 Å². The minimum atomic E-state index is -0.963. The third-order valence-electron chi connectivity index (χ3n) is 9.71. The first-order valence-electron chi connectivity index (χ1n) is 15.0. The van der Waals surface area contributed by atoms with Gasteiger partial charge in [-0.1, -0.05) is 32.9 Å². The van der Waals surface area contributed by atoms with Gasteiger partial charge in [-0.05, 0) is 100 Å². The summed E-state index contributed by atoms with van der Waals surface area (Å²) in [5, 5.41) is 28.6. The van der Waals surface area contributed by atoms with Gasteiger partial charge in [-0.15, -0.1) is 5.10 Å². The molecule has 2 aliphatic carbocycles. The van der Waals surface area contributed by atoms with E-state index in [1.165, 1.54) is 0 Å². The lowest BCUT2D eigenvalue weighted by Gasteiger charge is -2.42. The zero-order valence-corrected chi connectivity index (χ0v) is 25.1. The summed E-state index contributed by atoms with van der Waals surface area (Å²) in [6.45, 7) is 6.40. The third-order valence-corrected chi connectivity index (χ3v) is 9.71. The fraction of sp³-hybridized carbons (Fsp3) is 0.469. The Balaban J connectivity index is 1.47. The lowest BCUT2D eigenvalue weighted by Crippen LogP contribution is -2.51. The van der Waals surface area contributed by atoms with Crippen LogP contribution < -0.4 is 16.8 Å². The van der Waals surface area contributed by atoms with Crippen molar-refractivity contribution >= 4 is 17.7 Å². The first-order valence-corrected chi connectivity index (χ1v) is 15.0. The smallest absolute Gasteiger partial charge is 0.248 e. The molecule has 0 spiro atoms. The average molecular weight is 596 g/mol. The predicted octanol–water partition coefficient (Wildman–Crippen LogP) is 1.74. The van der Waals surface area contributed by atoms with Crippen LogP contribution in [0.3, 0.4) is 0 Å². The molecule has 44 heavy (non-hydrogen) atoms. The van der Waals surface area contributed by atoms with Gasteiger partial charge in [-0.3, -0.25) is 14.4 Å². The van der Waals surface area contributed by atoms with Crippen LogP contribution in [0, 0.1) is 22.7 Å². The van der Waals surface area contributed by atoms with Crippen LogP contribution in [0.1, 0.15) is 88.8 Å². The number of rotatable bonds is 8. The molecule has 3 aromatic rings. The number of benzene rings is 2. The zero-order valence-electron chi connectivity index (χ0n) is 25.1. The molecule has 12 heteroatoms. The number of carbonyl (C=O) groups excluding carboxylic acids is 3. The molecule has 0 bridgehead atoms. The minimum Gasteiger partial charge on any atom is -0.366 e. The van der Waals surface area contributed by atoms with E-state index in [0.717, 1.165) is 35.1 Å². The number of primary amides is 2. The Morgan fingerprint density at radius 2 is 1.68 bits per heavy atom. The van der Waals surface area contributed by atoms with Crippen molar-refractivity contribution in [1.29, 1.82) is 5.26 Å². The SMILES string of the molecule is CC(C)(C)[C@H](CC1(c2nnn[nH]2)c2ccc(C(N)=O)cc2CCc2cc(C(N)=O)ccc21)NCC(=O)N1C(C#N)C[C@@H]2C[C@@H]21. The Hall–Kier alpha value is -4.63. The number of piperidine rings is 1. The topological polar surface area (TPSA) is 197 Å². The van der Waals surface area contributed by atoms with Crippen molar-refractivity contribution in [1.82, 2.24) is 30.8 Å². The molecular weight excluding hydrogens is 558 g/mol. The maximum Gasteiger partial charge on any atom is 0.248 e. The van der Waals surface area contributed by atoms with Crippen LogP contribution >= 0.6 is 0 Å². The van der Waals surface area contributed by atoms with Crippen molar-refractivity contribution in [2.45, 2.75) is 76.4 Å². The number of amides is 3. The number of hydrogen-bond donors (Lipinski definition) is 4. The van der Waals surface area contributed by atoms with E-state index in [0.29, 0.717) is 42.1 Å². The van der Waals surface area contributed by atoms with Gasteiger partial charge >= 0.3 is 0 Å². The van der Waals surface area contributed by atoms with Crippen molar-refractivity contribution in [3.05, 3.63) is 75.6 Å². The van der Waals surface area contributed by atoms with Crippen molar-refractivity contribution in [3.63, 3.8) is 0 Å². The molecule has 1 aliphatic heterocycles. The van der Waals surface area contributed by atoms with E-state index in [4.69, 9.17) is 11.5 Å². The van der Waals surface area contributed by atoms with Crippen LogP contribution in [0.5, 0.6) is 0 Å². The van der Waals surface area contributed by atoms with Crippen molar-refractivity contribution < 1.29 is 14.4 Å². The second kappa shape index (κ2) is 10.8. The number of nitrogens with zero attached hydrogens (tertiary/aromatic N) is 5. The van der Waals surface area contributed by atoms with Gasteiger partial charge in [-0.2, -0.15) is 5.26 Å². The summed E-state index contributed by atoms with van der Waals surface area (Å²) in [7, 11) is 0. The fourth-order valence-corrected chi connectivity index (χ4v) is 7.29. The number of carbonyl (C=O) groups is 3. The Morgan fingerprint density at radius 3 is 2.18 bits per heavy atom. The number of fused-ring (bicyclic) bond motifs is 3. The lowest BCUT2D eigenvalue weighted by atomic mass is 9.65. The number of H-pyrrole nitrogens is 1. The number of aromatic amines is 1. The summed E-state index contributed by atoms with van der Waals surface area (Å²) < 4.78 is 0. The average Bonchev–Trinajstić information content (AvgIpc) is 3.37. The van der Waals surface area contributed by atoms with Gasteiger partial charge in [-0.25, -0.2) is 5.10 Å². The van der Waals surface area contributed by atoms with Gasteiger partial charge in [0.25, 0.3) is 0 Å². The van der Waals surface area contributed by atoms with Crippen LogP contribution in [0.25, 0.3) is 0 Å². The molecule has 3 aliphatic rings. The summed E-state index contributed by atoms with van der Waals surface area (Å²) in [4.78, 5) is 39.7. The first kappa shape index (κ1) is 29.4. The highest BCUT2D eigenvalue weighted by atomic mass is 16.2. The predicted molar refractivity (Wildman–Crippen MR) is 160 cm³/mol. The number of hydrogen-bond acceptors (Lipinski definition) is 8. The molecule has 1 aromatic heterocycles. The number of nitriles is 1. The molecule has 1 saturated heterocycles. The Kier molecular flexibility index (Phi) is 7.24. The van der Waals surface area contributed by atoms with E-state index >= 15 is 0 Å². The second-order valence-electron chi connectivity index (χ2n) is 13.4. The lowest BCUT2D eigenvalue weighted by molar-refractivity contribution is -0.131. The summed E-state index contributed by atoms with van der Waals surface area (Å²) in [6, 6.07) is 12.7. The number of nitrogens with two attached hydrogens (primary N) is 2. The normalized spacial score (nSPS) is 22.1. The molecular formula is C32H37N9O3. The number of tetrazole rings is 1. The number of aromatic nitrogens is 4. The molecule has 12 nitrogen and oxygen atoms in total.